The van der Waals surface area contributed by atoms with Crippen LogP contribution in [0.15, 0.2) is 42.5 Å². The summed E-state index contributed by atoms with van der Waals surface area (Å²) in [6.07, 6.45) is 0. The third-order valence-electron chi connectivity index (χ3n) is 2.89. The van der Waals surface area contributed by atoms with E-state index in [-0.39, 0.29) is 5.97 Å². The van der Waals surface area contributed by atoms with Gasteiger partial charge in [0.15, 0.2) is 0 Å². The van der Waals surface area contributed by atoms with Crippen molar-refractivity contribution in [3.63, 3.8) is 0 Å². The molecule has 0 radical (unpaired) electrons. The molecule has 5 heteroatoms. The summed E-state index contributed by atoms with van der Waals surface area (Å²) in [6.45, 7) is 0.550. The lowest BCUT2D eigenvalue weighted by Crippen LogP contribution is -2.20. The SMILES string of the molecule is COC(=O)c1ccccc1N(C)Cc1cccc(Cl)n1. The van der Waals surface area contributed by atoms with Crippen LogP contribution in [0.4, 0.5) is 5.69 Å². The minimum Gasteiger partial charge on any atom is -0.465 e. The maximum Gasteiger partial charge on any atom is 0.339 e. The quantitative estimate of drug-likeness (QED) is 0.641. The van der Waals surface area contributed by atoms with Gasteiger partial charge in [-0.05, 0) is 24.3 Å². The molecular weight excluding hydrogens is 276 g/mol. The fraction of sp³-hybridized carbons (Fsp3) is 0.200. The van der Waals surface area contributed by atoms with Crippen molar-refractivity contribution in [3.8, 4) is 0 Å². The molecule has 2 rings (SSSR count). The molecule has 0 spiro atoms. The van der Waals surface area contributed by atoms with Crippen LogP contribution in [0.25, 0.3) is 0 Å². The Labute approximate surface area is 123 Å². The molecule has 1 aromatic carbocycles. The van der Waals surface area contributed by atoms with Crippen LogP contribution in [0.2, 0.25) is 5.15 Å². The summed E-state index contributed by atoms with van der Waals surface area (Å²) in [5.74, 6) is -0.355. The van der Waals surface area contributed by atoms with Crippen molar-refractivity contribution in [3.05, 3.63) is 58.9 Å². The summed E-state index contributed by atoms with van der Waals surface area (Å²) >= 11 is 5.87. The second-order valence-corrected chi connectivity index (χ2v) is 4.70. The first-order valence-corrected chi connectivity index (χ1v) is 6.49. The number of benzene rings is 1. The number of para-hydroxylation sites is 1. The molecule has 104 valence electrons. The molecule has 0 saturated heterocycles. The summed E-state index contributed by atoms with van der Waals surface area (Å²) < 4.78 is 4.79. The van der Waals surface area contributed by atoms with E-state index in [1.165, 1.54) is 7.11 Å². The van der Waals surface area contributed by atoms with E-state index < -0.39 is 0 Å². The number of anilines is 1. The van der Waals surface area contributed by atoms with E-state index in [0.717, 1.165) is 11.4 Å². The van der Waals surface area contributed by atoms with Crippen molar-refractivity contribution < 1.29 is 9.53 Å². The topological polar surface area (TPSA) is 42.4 Å². The van der Waals surface area contributed by atoms with Gasteiger partial charge in [-0.15, -0.1) is 0 Å². The highest BCUT2D eigenvalue weighted by Crippen LogP contribution is 2.21. The zero-order valence-electron chi connectivity index (χ0n) is 11.3. The van der Waals surface area contributed by atoms with E-state index in [9.17, 15) is 4.79 Å². The zero-order valence-corrected chi connectivity index (χ0v) is 12.1. The van der Waals surface area contributed by atoms with Crippen LogP contribution in [-0.4, -0.2) is 25.1 Å². The van der Waals surface area contributed by atoms with E-state index in [0.29, 0.717) is 17.3 Å². The Bertz CT molecular complexity index is 616. The Morgan fingerprint density at radius 1 is 1.25 bits per heavy atom. The second-order valence-electron chi connectivity index (χ2n) is 4.32. The number of hydrogen-bond donors (Lipinski definition) is 0. The number of carbonyl (C=O) groups excluding carboxylic acids is 1. The number of hydrogen-bond acceptors (Lipinski definition) is 4. The van der Waals surface area contributed by atoms with Gasteiger partial charge >= 0.3 is 5.97 Å². The molecule has 0 bridgehead atoms. The standard InChI is InChI=1S/C15H15ClN2O2/c1-18(10-11-6-5-9-14(16)17-11)13-8-4-3-7-12(13)15(19)20-2/h3-9H,10H2,1-2H3. The fourth-order valence-corrected chi connectivity index (χ4v) is 2.14. The van der Waals surface area contributed by atoms with Crippen molar-refractivity contribution in [1.29, 1.82) is 0 Å². The fourth-order valence-electron chi connectivity index (χ4n) is 1.96. The maximum absolute atomic E-state index is 11.8. The largest absolute Gasteiger partial charge is 0.465 e. The number of carbonyl (C=O) groups is 1. The lowest BCUT2D eigenvalue weighted by molar-refractivity contribution is 0.0601. The average Bonchev–Trinajstić information content (AvgIpc) is 2.46. The highest BCUT2D eigenvalue weighted by atomic mass is 35.5. The average molecular weight is 291 g/mol. The lowest BCUT2D eigenvalue weighted by atomic mass is 10.1. The molecule has 20 heavy (non-hydrogen) atoms. The Kier molecular flexibility index (Phi) is 4.58. The predicted molar refractivity (Wildman–Crippen MR) is 79.1 cm³/mol. The van der Waals surface area contributed by atoms with Gasteiger partial charge in [0, 0.05) is 7.05 Å². The lowest BCUT2D eigenvalue weighted by Gasteiger charge is -2.21. The smallest absolute Gasteiger partial charge is 0.339 e. The number of aromatic nitrogens is 1. The minimum absolute atomic E-state index is 0.355. The summed E-state index contributed by atoms with van der Waals surface area (Å²) in [6, 6.07) is 12.8. The normalized spacial score (nSPS) is 10.2. The number of esters is 1. The van der Waals surface area contributed by atoms with Crippen LogP contribution in [0.5, 0.6) is 0 Å². The molecule has 0 saturated carbocycles. The Morgan fingerprint density at radius 2 is 2.00 bits per heavy atom. The number of methoxy groups -OCH3 is 1. The molecule has 1 heterocycles. The van der Waals surface area contributed by atoms with Gasteiger partial charge in [0.2, 0.25) is 0 Å². The van der Waals surface area contributed by atoms with Crippen molar-refractivity contribution in [1.82, 2.24) is 4.98 Å². The van der Waals surface area contributed by atoms with Crippen molar-refractivity contribution in [2.75, 3.05) is 19.1 Å². The van der Waals surface area contributed by atoms with E-state index in [1.54, 1.807) is 18.2 Å². The minimum atomic E-state index is -0.355. The molecule has 1 aromatic heterocycles. The molecule has 0 aliphatic carbocycles. The summed E-state index contributed by atoms with van der Waals surface area (Å²) in [4.78, 5) is 17.9. The van der Waals surface area contributed by atoms with Gasteiger partial charge in [-0.1, -0.05) is 29.8 Å². The Hall–Kier alpha value is -2.07. The van der Waals surface area contributed by atoms with E-state index >= 15 is 0 Å². The first-order valence-electron chi connectivity index (χ1n) is 6.11. The van der Waals surface area contributed by atoms with Gasteiger partial charge in [0.1, 0.15) is 5.15 Å². The van der Waals surface area contributed by atoms with Crippen molar-refractivity contribution in [2.24, 2.45) is 0 Å². The van der Waals surface area contributed by atoms with Crippen LogP contribution in [0.3, 0.4) is 0 Å². The van der Waals surface area contributed by atoms with Crippen LogP contribution in [0, 0.1) is 0 Å². The monoisotopic (exact) mass is 290 g/mol. The molecule has 0 N–H and O–H groups in total. The third-order valence-corrected chi connectivity index (χ3v) is 3.10. The number of ether oxygens (including phenoxy) is 1. The summed E-state index contributed by atoms with van der Waals surface area (Å²) in [7, 11) is 3.27. The van der Waals surface area contributed by atoms with Gasteiger partial charge in [0.25, 0.3) is 0 Å². The van der Waals surface area contributed by atoms with Crippen LogP contribution in [0.1, 0.15) is 16.1 Å². The van der Waals surface area contributed by atoms with E-state index in [1.807, 2.05) is 36.2 Å². The number of rotatable bonds is 4. The highest BCUT2D eigenvalue weighted by Gasteiger charge is 2.14. The van der Waals surface area contributed by atoms with Gasteiger partial charge in [-0.2, -0.15) is 0 Å². The van der Waals surface area contributed by atoms with Gasteiger partial charge in [-0.25, -0.2) is 9.78 Å². The van der Waals surface area contributed by atoms with Gasteiger partial charge in [0.05, 0.1) is 30.6 Å². The van der Waals surface area contributed by atoms with E-state index in [4.69, 9.17) is 16.3 Å². The number of pyridine rings is 1. The summed E-state index contributed by atoms with van der Waals surface area (Å²) in [5, 5.41) is 0.456. The summed E-state index contributed by atoms with van der Waals surface area (Å²) in [5.41, 5.74) is 2.15. The Balaban J connectivity index is 2.25. The molecule has 0 unspecified atom stereocenters. The molecular formula is C15H15ClN2O2. The predicted octanol–water partition coefficient (Wildman–Crippen LogP) is 3.16. The van der Waals surface area contributed by atoms with Crippen molar-refractivity contribution in [2.45, 2.75) is 6.54 Å². The first-order chi connectivity index (χ1) is 9.61. The number of nitrogens with zero attached hydrogens (tertiary/aromatic N) is 2. The zero-order chi connectivity index (χ0) is 14.5. The molecule has 0 fully saturated rings. The molecule has 0 aliphatic heterocycles. The first kappa shape index (κ1) is 14.3. The van der Waals surface area contributed by atoms with Crippen LogP contribution < -0.4 is 4.90 Å². The van der Waals surface area contributed by atoms with Crippen LogP contribution >= 0.6 is 11.6 Å². The molecule has 0 atom stereocenters. The maximum atomic E-state index is 11.8. The third kappa shape index (κ3) is 3.27. The highest BCUT2D eigenvalue weighted by molar-refractivity contribution is 6.29. The van der Waals surface area contributed by atoms with Crippen molar-refractivity contribution >= 4 is 23.3 Å². The van der Waals surface area contributed by atoms with Gasteiger partial charge in [-0.3, -0.25) is 0 Å². The van der Waals surface area contributed by atoms with Gasteiger partial charge < -0.3 is 9.64 Å². The van der Waals surface area contributed by atoms with E-state index in [2.05, 4.69) is 4.98 Å². The molecule has 0 amide bonds. The molecule has 0 aliphatic rings. The number of halogens is 1. The molecule has 2 aromatic rings. The second kappa shape index (κ2) is 6.39. The van der Waals surface area contributed by atoms with Crippen LogP contribution in [-0.2, 0) is 11.3 Å². The molecule has 4 nitrogen and oxygen atoms in total. The Morgan fingerprint density at radius 3 is 2.70 bits per heavy atom.